The van der Waals surface area contributed by atoms with Crippen LogP contribution in [-0.2, 0) is 10.2 Å². The van der Waals surface area contributed by atoms with E-state index >= 15 is 0 Å². The first-order valence-corrected chi connectivity index (χ1v) is 7.66. The molecule has 0 spiro atoms. The van der Waals surface area contributed by atoms with Crippen LogP contribution in [0.2, 0.25) is 0 Å². The Bertz CT molecular complexity index is 402. The van der Waals surface area contributed by atoms with Crippen molar-refractivity contribution in [3.05, 3.63) is 35.4 Å². The molecular weight excluding hydrogens is 234 g/mol. The molecular formula is C17H25NO. The van der Waals surface area contributed by atoms with Gasteiger partial charge in [-0.25, -0.2) is 0 Å². The molecule has 3 rings (SSSR count). The summed E-state index contributed by atoms with van der Waals surface area (Å²) in [7, 11) is 0. The summed E-state index contributed by atoms with van der Waals surface area (Å²) in [6.45, 7) is 7.46. The summed E-state index contributed by atoms with van der Waals surface area (Å²) in [5.41, 5.74) is 3.41. The summed E-state index contributed by atoms with van der Waals surface area (Å²) in [6, 6.07) is 9.25. The molecule has 19 heavy (non-hydrogen) atoms. The first kappa shape index (κ1) is 13.1. The van der Waals surface area contributed by atoms with Gasteiger partial charge in [0.1, 0.15) is 0 Å². The maximum Gasteiger partial charge on any atom is 0.0594 e. The predicted molar refractivity (Wildman–Crippen MR) is 78.6 cm³/mol. The first-order chi connectivity index (χ1) is 9.28. The molecule has 2 fully saturated rings. The molecule has 0 bridgehead atoms. The van der Waals surface area contributed by atoms with Gasteiger partial charge in [0.2, 0.25) is 0 Å². The highest BCUT2D eigenvalue weighted by Gasteiger charge is 2.38. The maximum atomic E-state index is 5.43. The molecule has 2 aliphatic rings. The minimum absolute atomic E-state index is 0.478. The van der Waals surface area contributed by atoms with Crippen molar-refractivity contribution in [2.45, 2.75) is 38.0 Å². The molecule has 1 saturated carbocycles. The Morgan fingerprint density at radius 2 is 1.79 bits per heavy atom. The van der Waals surface area contributed by atoms with Crippen molar-refractivity contribution >= 4 is 0 Å². The molecule has 1 aliphatic heterocycles. The quantitative estimate of drug-likeness (QED) is 0.823. The molecule has 0 radical (unpaired) electrons. The van der Waals surface area contributed by atoms with Crippen molar-refractivity contribution in [2.24, 2.45) is 0 Å². The zero-order chi connectivity index (χ0) is 13.1. The van der Waals surface area contributed by atoms with Crippen molar-refractivity contribution < 1.29 is 4.74 Å². The standard InChI is InChI=1S/C17H25NO/c1-15-3-5-16(6-4-15)17(7-2-8-17)9-10-18-11-13-19-14-12-18/h3-6H,2,7-14H2,1H3. The molecule has 104 valence electrons. The van der Waals surface area contributed by atoms with Crippen molar-refractivity contribution in [3.63, 3.8) is 0 Å². The van der Waals surface area contributed by atoms with Crippen LogP contribution in [0.3, 0.4) is 0 Å². The van der Waals surface area contributed by atoms with Crippen LogP contribution in [0.5, 0.6) is 0 Å². The molecule has 2 nitrogen and oxygen atoms in total. The highest BCUT2D eigenvalue weighted by Crippen LogP contribution is 2.46. The van der Waals surface area contributed by atoms with Gasteiger partial charge in [-0.2, -0.15) is 0 Å². The van der Waals surface area contributed by atoms with Crippen LogP contribution in [0, 0.1) is 6.92 Å². The Hall–Kier alpha value is -0.860. The van der Waals surface area contributed by atoms with E-state index in [0.717, 1.165) is 26.3 Å². The highest BCUT2D eigenvalue weighted by atomic mass is 16.5. The van der Waals surface area contributed by atoms with Gasteiger partial charge in [0.15, 0.2) is 0 Å². The lowest BCUT2D eigenvalue weighted by molar-refractivity contribution is 0.0311. The van der Waals surface area contributed by atoms with E-state index in [4.69, 9.17) is 4.74 Å². The van der Waals surface area contributed by atoms with Crippen molar-refractivity contribution in [3.8, 4) is 0 Å². The van der Waals surface area contributed by atoms with Crippen molar-refractivity contribution in [1.82, 2.24) is 4.90 Å². The minimum Gasteiger partial charge on any atom is -0.379 e. The summed E-state index contributed by atoms with van der Waals surface area (Å²) >= 11 is 0. The molecule has 1 saturated heterocycles. The van der Waals surface area contributed by atoms with E-state index in [-0.39, 0.29) is 0 Å². The highest BCUT2D eigenvalue weighted by molar-refractivity contribution is 5.30. The summed E-state index contributed by atoms with van der Waals surface area (Å²) in [5, 5.41) is 0. The number of nitrogens with zero attached hydrogens (tertiary/aromatic N) is 1. The molecule has 0 unspecified atom stereocenters. The van der Waals surface area contributed by atoms with Gasteiger partial charge in [-0.15, -0.1) is 0 Å². The molecule has 2 heteroatoms. The summed E-state index contributed by atoms with van der Waals surface area (Å²) in [5.74, 6) is 0. The molecule has 0 amide bonds. The fourth-order valence-corrected chi connectivity index (χ4v) is 3.39. The van der Waals surface area contributed by atoms with Gasteiger partial charge in [0.05, 0.1) is 13.2 Å². The fourth-order valence-electron chi connectivity index (χ4n) is 3.39. The average molecular weight is 259 g/mol. The number of hydrogen-bond donors (Lipinski definition) is 0. The SMILES string of the molecule is Cc1ccc(C2(CCN3CCOCC3)CCC2)cc1. The van der Waals surface area contributed by atoms with E-state index in [2.05, 4.69) is 36.1 Å². The first-order valence-electron chi connectivity index (χ1n) is 7.66. The van der Waals surface area contributed by atoms with Crippen LogP contribution >= 0.6 is 0 Å². The third-order valence-corrected chi connectivity index (χ3v) is 4.98. The van der Waals surface area contributed by atoms with E-state index in [1.54, 1.807) is 5.56 Å². The Morgan fingerprint density at radius 1 is 1.11 bits per heavy atom. The van der Waals surface area contributed by atoms with Crippen LogP contribution in [0.25, 0.3) is 0 Å². The molecule has 1 aliphatic carbocycles. The van der Waals surface area contributed by atoms with Crippen LogP contribution in [0.1, 0.15) is 36.8 Å². The van der Waals surface area contributed by atoms with Gasteiger partial charge in [0.25, 0.3) is 0 Å². The van der Waals surface area contributed by atoms with Gasteiger partial charge in [-0.3, -0.25) is 4.90 Å². The molecule has 1 aromatic rings. The van der Waals surface area contributed by atoms with Crippen molar-refractivity contribution in [1.29, 1.82) is 0 Å². The van der Waals surface area contributed by atoms with Gasteiger partial charge in [0, 0.05) is 13.1 Å². The summed E-state index contributed by atoms with van der Waals surface area (Å²) < 4.78 is 5.43. The van der Waals surface area contributed by atoms with E-state index < -0.39 is 0 Å². The zero-order valence-electron chi connectivity index (χ0n) is 12.0. The minimum atomic E-state index is 0.478. The number of ether oxygens (including phenoxy) is 1. The van der Waals surface area contributed by atoms with Crippen LogP contribution < -0.4 is 0 Å². The number of benzene rings is 1. The zero-order valence-corrected chi connectivity index (χ0v) is 12.0. The van der Waals surface area contributed by atoms with E-state index in [1.807, 2.05) is 0 Å². The second-order valence-electron chi connectivity index (χ2n) is 6.20. The maximum absolute atomic E-state index is 5.43. The largest absolute Gasteiger partial charge is 0.379 e. The monoisotopic (exact) mass is 259 g/mol. The van der Waals surface area contributed by atoms with Gasteiger partial charge in [-0.05, 0) is 43.7 Å². The molecule has 1 heterocycles. The Labute approximate surface area is 116 Å². The van der Waals surface area contributed by atoms with Crippen LogP contribution in [-0.4, -0.2) is 37.7 Å². The topological polar surface area (TPSA) is 12.5 Å². The Kier molecular flexibility index (Phi) is 3.90. The second-order valence-corrected chi connectivity index (χ2v) is 6.20. The lowest BCUT2D eigenvalue weighted by Gasteiger charge is -2.44. The third-order valence-electron chi connectivity index (χ3n) is 4.98. The van der Waals surface area contributed by atoms with E-state index in [0.29, 0.717) is 5.41 Å². The number of rotatable bonds is 4. The van der Waals surface area contributed by atoms with Crippen molar-refractivity contribution in [2.75, 3.05) is 32.8 Å². The van der Waals surface area contributed by atoms with E-state index in [1.165, 1.54) is 37.8 Å². The Balaban J connectivity index is 1.64. The second kappa shape index (κ2) is 5.64. The Morgan fingerprint density at radius 3 is 2.37 bits per heavy atom. The lowest BCUT2D eigenvalue weighted by Crippen LogP contribution is -2.42. The van der Waals surface area contributed by atoms with E-state index in [9.17, 15) is 0 Å². The van der Waals surface area contributed by atoms with Gasteiger partial charge in [-0.1, -0.05) is 36.2 Å². The molecule has 0 N–H and O–H groups in total. The number of morpholine rings is 1. The van der Waals surface area contributed by atoms with Gasteiger partial charge >= 0.3 is 0 Å². The molecule has 1 aromatic carbocycles. The predicted octanol–water partition coefficient (Wildman–Crippen LogP) is 3.14. The van der Waals surface area contributed by atoms with Crippen LogP contribution in [0.4, 0.5) is 0 Å². The summed E-state index contributed by atoms with van der Waals surface area (Å²) in [4.78, 5) is 2.57. The third kappa shape index (κ3) is 2.85. The fraction of sp³-hybridized carbons (Fsp3) is 0.647. The average Bonchev–Trinajstić information content (AvgIpc) is 2.41. The molecule has 0 aromatic heterocycles. The number of hydrogen-bond acceptors (Lipinski definition) is 2. The summed E-state index contributed by atoms with van der Waals surface area (Å²) in [6.07, 6.45) is 5.47. The normalized spacial score (nSPS) is 23.0. The smallest absolute Gasteiger partial charge is 0.0594 e. The molecule has 0 atom stereocenters. The lowest BCUT2D eigenvalue weighted by atomic mass is 9.62. The number of aryl methyl sites for hydroxylation is 1. The van der Waals surface area contributed by atoms with Gasteiger partial charge < -0.3 is 4.74 Å². The van der Waals surface area contributed by atoms with Crippen LogP contribution in [0.15, 0.2) is 24.3 Å².